The normalized spacial score (nSPS) is 23.1. The zero-order valence-corrected chi connectivity index (χ0v) is 16.4. The van der Waals surface area contributed by atoms with E-state index in [2.05, 4.69) is 10.6 Å². The minimum atomic E-state index is -2.28. The number of carbonyl (C=O) groups excluding carboxylic acids is 3. The van der Waals surface area contributed by atoms with Gasteiger partial charge in [-0.05, 0) is 54.3 Å². The molecule has 1 saturated heterocycles. The molecule has 3 amide bonds. The lowest BCUT2D eigenvalue weighted by Gasteiger charge is -2.22. The zero-order chi connectivity index (χ0) is 22.0. The number of hydrogen-bond acceptors (Lipinski definition) is 4. The molecule has 160 valence electrons. The SMILES string of the molecule is O=C1Nc2ccc(N3CC[C@](O)(C(=O)NCc4cc(F)cc(F)c4)C3=O)cc2C12CC2. The predicted molar refractivity (Wildman–Crippen MR) is 106 cm³/mol. The molecule has 0 radical (unpaired) electrons. The summed E-state index contributed by atoms with van der Waals surface area (Å²) in [6, 6.07) is 7.98. The minimum absolute atomic E-state index is 0.0444. The zero-order valence-electron chi connectivity index (χ0n) is 16.4. The molecule has 1 atom stereocenters. The van der Waals surface area contributed by atoms with Crippen LogP contribution in [0.3, 0.4) is 0 Å². The highest BCUT2D eigenvalue weighted by atomic mass is 19.1. The average Bonchev–Trinajstić information content (AvgIpc) is 3.41. The number of fused-ring (bicyclic) bond motifs is 2. The highest BCUT2D eigenvalue weighted by molar-refractivity contribution is 6.16. The molecule has 1 spiro atoms. The van der Waals surface area contributed by atoms with Crippen LogP contribution in [0.25, 0.3) is 0 Å². The van der Waals surface area contributed by atoms with Crippen LogP contribution < -0.4 is 15.5 Å². The third-order valence-electron chi connectivity index (χ3n) is 6.31. The predicted octanol–water partition coefficient (Wildman–Crippen LogP) is 1.73. The number of carbonyl (C=O) groups is 3. The summed E-state index contributed by atoms with van der Waals surface area (Å²) >= 11 is 0. The molecule has 0 bridgehead atoms. The maximum absolute atomic E-state index is 13.3. The van der Waals surface area contributed by atoms with Gasteiger partial charge >= 0.3 is 0 Å². The first-order valence-electron chi connectivity index (χ1n) is 9.97. The summed E-state index contributed by atoms with van der Waals surface area (Å²) in [6.07, 6.45) is 1.36. The number of amides is 3. The largest absolute Gasteiger partial charge is 0.372 e. The Morgan fingerprint density at radius 2 is 1.81 bits per heavy atom. The number of hydrogen-bond donors (Lipinski definition) is 3. The van der Waals surface area contributed by atoms with Gasteiger partial charge in [0.25, 0.3) is 11.8 Å². The molecule has 3 N–H and O–H groups in total. The van der Waals surface area contributed by atoms with Gasteiger partial charge in [-0.3, -0.25) is 14.4 Å². The van der Waals surface area contributed by atoms with Crippen molar-refractivity contribution in [3.05, 3.63) is 59.2 Å². The van der Waals surface area contributed by atoms with E-state index in [0.717, 1.165) is 30.5 Å². The molecule has 2 aromatic carbocycles. The van der Waals surface area contributed by atoms with Crippen molar-refractivity contribution in [1.82, 2.24) is 5.32 Å². The Hall–Kier alpha value is -3.33. The fourth-order valence-corrected chi connectivity index (χ4v) is 4.39. The van der Waals surface area contributed by atoms with Crippen molar-refractivity contribution in [3.8, 4) is 0 Å². The van der Waals surface area contributed by atoms with Crippen LogP contribution >= 0.6 is 0 Å². The molecular formula is C22H19F2N3O4. The minimum Gasteiger partial charge on any atom is -0.372 e. The number of rotatable bonds is 4. The van der Waals surface area contributed by atoms with Gasteiger partial charge in [0.15, 0.2) is 0 Å². The molecule has 1 saturated carbocycles. The van der Waals surface area contributed by atoms with Crippen molar-refractivity contribution in [2.45, 2.75) is 36.8 Å². The first-order chi connectivity index (χ1) is 14.7. The quantitative estimate of drug-likeness (QED) is 0.648. The van der Waals surface area contributed by atoms with Gasteiger partial charge in [-0.25, -0.2) is 8.78 Å². The van der Waals surface area contributed by atoms with E-state index in [-0.39, 0.29) is 31.0 Å². The maximum atomic E-state index is 13.3. The van der Waals surface area contributed by atoms with Gasteiger partial charge in [0.1, 0.15) is 11.6 Å². The van der Waals surface area contributed by atoms with Crippen LogP contribution in [0.2, 0.25) is 0 Å². The van der Waals surface area contributed by atoms with Crippen molar-refractivity contribution in [3.63, 3.8) is 0 Å². The molecule has 0 aromatic heterocycles. The van der Waals surface area contributed by atoms with Gasteiger partial charge in [0.05, 0.1) is 5.41 Å². The lowest BCUT2D eigenvalue weighted by Crippen LogP contribution is -2.52. The van der Waals surface area contributed by atoms with Crippen LogP contribution in [-0.4, -0.2) is 35.0 Å². The molecule has 5 rings (SSSR count). The highest BCUT2D eigenvalue weighted by Crippen LogP contribution is 2.55. The first kappa shape index (κ1) is 19.6. The molecule has 3 aliphatic rings. The van der Waals surface area contributed by atoms with Crippen molar-refractivity contribution >= 4 is 29.1 Å². The smallest absolute Gasteiger partial charge is 0.268 e. The van der Waals surface area contributed by atoms with Crippen molar-refractivity contribution in [2.24, 2.45) is 0 Å². The van der Waals surface area contributed by atoms with E-state index in [1.807, 2.05) is 0 Å². The molecule has 2 heterocycles. The summed E-state index contributed by atoms with van der Waals surface area (Å²) in [7, 11) is 0. The Morgan fingerprint density at radius 1 is 1.10 bits per heavy atom. The number of anilines is 2. The Balaban J connectivity index is 1.33. The van der Waals surface area contributed by atoms with Gasteiger partial charge in [0.2, 0.25) is 11.5 Å². The fourth-order valence-electron chi connectivity index (χ4n) is 4.39. The van der Waals surface area contributed by atoms with E-state index >= 15 is 0 Å². The summed E-state index contributed by atoms with van der Waals surface area (Å²) in [6.45, 7) is -0.122. The number of halogens is 2. The number of nitrogens with one attached hydrogen (secondary N) is 2. The van der Waals surface area contributed by atoms with Crippen molar-refractivity contribution in [2.75, 3.05) is 16.8 Å². The molecule has 7 nitrogen and oxygen atoms in total. The van der Waals surface area contributed by atoms with Crippen LogP contribution in [0.5, 0.6) is 0 Å². The Morgan fingerprint density at radius 3 is 2.48 bits per heavy atom. The summed E-state index contributed by atoms with van der Waals surface area (Å²) in [5.74, 6) is -3.33. The monoisotopic (exact) mass is 427 g/mol. The van der Waals surface area contributed by atoms with E-state index in [9.17, 15) is 28.3 Å². The Kier molecular flexibility index (Phi) is 4.17. The molecule has 9 heteroatoms. The number of benzene rings is 2. The Labute approximate surface area is 176 Å². The van der Waals surface area contributed by atoms with Gasteiger partial charge in [-0.2, -0.15) is 0 Å². The van der Waals surface area contributed by atoms with Gasteiger partial charge in [-0.15, -0.1) is 0 Å². The lowest BCUT2D eigenvalue weighted by molar-refractivity contribution is -0.149. The second kappa shape index (κ2) is 6.58. The first-order valence-corrected chi connectivity index (χ1v) is 9.97. The van der Waals surface area contributed by atoms with Gasteiger partial charge in [0, 0.05) is 37.0 Å². The average molecular weight is 427 g/mol. The van der Waals surface area contributed by atoms with Gasteiger partial charge in [-0.1, -0.05) is 0 Å². The Bertz CT molecular complexity index is 1130. The standard InChI is InChI=1S/C22H19F2N3O4/c23-13-7-12(8-14(24)9-13)11-25-19(29)22(31)5-6-27(20(22)30)15-1-2-17-16(10-15)21(3-4-21)18(28)26-17/h1-2,7-10,31H,3-6,11H2,(H,25,29)(H,26,28)/t22-/m0/s1. The lowest BCUT2D eigenvalue weighted by atomic mass is 9.97. The summed E-state index contributed by atoms with van der Waals surface area (Å²) in [5.41, 5.74) is -0.591. The second-order valence-corrected chi connectivity index (χ2v) is 8.29. The van der Waals surface area contributed by atoms with E-state index in [0.29, 0.717) is 17.4 Å². The van der Waals surface area contributed by atoms with E-state index in [1.54, 1.807) is 18.2 Å². The van der Waals surface area contributed by atoms with Crippen LogP contribution in [0, 0.1) is 11.6 Å². The van der Waals surface area contributed by atoms with Crippen LogP contribution in [0.1, 0.15) is 30.4 Å². The molecule has 2 aromatic rings. The van der Waals surface area contributed by atoms with Crippen LogP contribution in [0.4, 0.5) is 20.2 Å². The van der Waals surface area contributed by atoms with Crippen molar-refractivity contribution in [1.29, 1.82) is 0 Å². The summed E-state index contributed by atoms with van der Waals surface area (Å²) in [5, 5.41) is 16.0. The maximum Gasteiger partial charge on any atom is 0.268 e. The van der Waals surface area contributed by atoms with E-state index < -0.39 is 34.5 Å². The third-order valence-corrected chi connectivity index (χ3v) is 6.31. The van der Waals surface area contributed by atoms with E-state index in [1.165, 1.54) is 4.90 Å². The van der Waals surface area contributed by atoms with Crippen molar-refractivity contribution < 1.29 is 28.3 Å². The highest BCUT2D eigenvalue weighted by Gasteiger charge is 2.57. The summed E-state index contributed by atoms with van der Waals surface area (Å²) < 4.78 is 26.6. The molecule has 2 aliphatic heterocycles. The summed E-state index contributed by atoms with van der Waals surface area (Å²) in [4.78, 5) is 39.1. The number of aliphatic hydroxyl groups is 1. The molecule has 0 unspecified atom stereocenters. The fraction of sp³-hybridized carbons (Fsp3) is 0.318. The van der Waals surface area contributed by atoms with Crippen LogP contribution in [-0.2, 0) is 26.3 Å². The number of nitrogens with zero attached hydrogens (tertiary/aromatic N) is 1. The van der Waals surface area contributed by atoms with Crippen LogP contribution in [0.15, 0.2) is 36.4 Å². The molecular weight excluding hydrogens is 408 g/mol. The third kappa shape index (κ3) is 2.99. The van der Waals surface area contributed by atoms with Gasteiger partial charge < -0.3 is 20.6 Å². The molecule has 31 heavy (non-hydrogen) atoms. The topological polar surface area (TPSA) is 98.7 Å². The second-order valence-electron chi connectivity index (χ2n) is 8.29. The van der Waals surface area contributed by atoms with E-state index in [4.69, 9.17) is 0 Å². The molecule has 2 fully saturated rings. The molecule has 1 aliphatic carbocycles.